The maximum Gasteiger partial charge on any atom is 0.265 e. The summed E-state index contributed by atoms with van der Waals surface area (Å²) in [6, 6.07) is 16.3. The minimum atomic E-state index is -3.79. The van der Waals surface area contributed by atoms with Gasteiger partial charge in [-0.15, -0.1) is 0 Å². The van der Waals surface area contributed by atoms with Gasteiger partial charge in [-0.25, -0.2) is 8.42 Å². The van der Waals surface area contributed by atoms with Crippen molar-refractivity contribution >= 4 is 38.6 Å². The largest absolute Gasteiger partial charge is 0.266 e. The zero-order valence-electron chi connectivity index (χ0n) is 12.9. The van der Waals surface area contributed by atoms with Gasteiger partial charge >= 0.3 is 0 Å². The molecule has 126 valence electrons. The van der Waals surface area contributed by atoms with Gasteiger partial charge in [-0.05, 0) is 17.7 Å². The Hall–Kier alpha value is -2.78. The maximum atomic E-state index is 12.7. The van der Waals surface area contributed by atoms with Gasteiger partial charge < -0.3 is 0 Å². The molecule has 0 radical (unpaired) electrons. The van der Waals surface area contributed by atoms with Gasteiger partial charge in [0, 0.05) is 12.3 Å². The van der Waals surface area contributed by atoms with Crippen LogP contribution in [0.4, 0.5) is 5.82 Å². The topological polar surface area (TPSA) is 89.8 Å². The van der Waals surface area contributed by atoms with Crippen LogP contribution >= 0.6 is 11.7 Å². The van der Waals surface area contributed by atoms with E-state index in [9.17, 15) is 8.42 Å². The molecule has 0 fully saturated rings. The molecule has 0 bridgehead atoms. The first-order valence-electron chi connectivity index (χ1n) is 7.43. The second-order valence-electron chi connectivity index (χ2n) is 5.38. The molecule has 0 unspecified atom stereocenters. The number of aromatic nitrogens is 4. The monoisotopic (exact) mass is 371 g/mol. The Bertz CT molecular complexity index is 1120. The van der Waals surface area contributed by atoms with Crippen molar-refractivity contribution in [3.05, 3.63) is 66.4 Å². The summed E-state index contributed by atoms with van der Waals surface area (Å²) in [5.74, 6) is 0.260. The van der Waals surface area contributed by atoms with E-state index in [2.05, 4.69) is 18.6 Å². The highest BCUT2D eigenvalue weighted by molar-refractivity contribution is 7.93. The Morgan fingerprint density at radius 3 is 2.68 bits per heavy atom. The van der Waals surface area contributed by atoms with Crippen LogP contribution < -0.4 is 4.72 Å². The Balaban J connectivity index is 1.58. The van der Waals surface area contributed by atoms with E-state index in [0.717, 1.165) is 17.3 Å². The molecule has 1 N–H and O–H groups in total. The van der Waals surface area contributed by atoms with Gasteiger partial charge in [0.15, 0.2) is 5.82 Å². The van der Waals surface area contributed by atoms with Crippen molar-refractivity contribution < 1.29 is 8.42 Å². The molecular weight excluding hydrogens is 358 g/mol. The quantitative estimate of drug-likeness (QED) is 0.583. The second kappa shape index (κ2) is 6.26. The Morgan fingerprint density at radius 1 is 1.00 bits per heavy atom. The van der Waals surface area contributed by atoms with Gasteiger partial charge in [0.1, 0.15) is 15.9 Å². The minimum absolute atomic E-state index is 0.0939. The average Bonchev–Trinajstić information content (AvgIpc) is 3.24. The predicted molar refractivity (Wildman–Crippen MR) is 96.0 cm³/mol. The highest BCUT2D eigenvalue weighted by Gasteiger charge is 2.20. The van der Waals surface area contributed by atoms with Crippen LogP contribution in [0.1, 0.15) is 5.56 Å². The maximum absolute atomic E-state index is 12.7. The Labute approximate surface area is 148 Å². The van der Waals surface area contributed by atoms with E-state index < -0.39 is 10.0 Å². The van der Waals surface area contributed by atoms with E-state index in [1.54, 1.807) is 29.1 Å². The van der Waals surface area contributed by atoms with Crippen molar-refractivity contribution in [3.8, 4) is 0 Å². The normalized spacial score (nSPS) is 11.7. The first-order valence-corrected chi connectivity index (χ1v) is 9.65. The van der Waals surface area contributed by atoms with Crippen LogP contribution in [-0.4, -0.2) is 26.9 Å². The molecule has 0 aliphatic rings. The summed E-state index contributed by atoms with van der Waals surface area (Å²) in [7, 11) is -3.79. The molecule has 0 aliphatic heterocycles. The molecule has 25 heavy (non-hydrogen) atoms. The van der Waals surface area contributed by atoms with Crippen LogP contribution in [0, 0.1) is 0 Å². The molecule has 0 amide bonds. The van der Waals surface area contributed by atoms with Crippen molar-refractivity contribution in [2.75, 3.05) is 4.72 Å². The standard InChI is InChI=1S/C16H13N5O2S2/c22-25(23,14-8-4-7-13-16(14)19-24-18-13)20-15-9-10-21(17-15)11-12-5-2-1-3-6-12/h1-10H,11H2,(H,17,20). The third-order valence-corrected chi connectivity index (χ3v) is 5.53. The molecule has 0 saturated heterocycles. The first-order chi connectivity index (χ1) is 12.1. The minimum Gasteiger partial charge on any atom is -0.266 e. The van der Waals surface area contributed by atoms with Crippen molar-refractivity contribution in [1.29, 1.82) is 0 Å². The van der Waals surface area contributed by atoms with Gasteiger partial charge in [-0.3, -0.25) is 9.40 Å². The molecule has 0 atom stereocenters. The van der Waals surface area contributed by atoms with E-state index in [1.807, 2.05) is 30.3 Å². The number of nitrogens with one attached hydrogen (secondary N) is 1. The van der Waals surface area contributed by atoms with E-state index in [0.29, 0.717) is 17.6 Å². The number of hydrogen-bond donors (Lipinski definition) is 1. The lowest BCUT2D eigenvalue weighted by Crippen LogP contribution is -2.14. The summed E-state index contributed by atoms with van der Waals surface area (Å²) in [5, 5.41) is 4.28. The Morgan fingerprint density at radius 2 is 1.84 bits per heavy atom. The molecule has 2 aromatic heterocycles. The number of benzene rings is 2. The number of sulfonamides is 1. The van der Waals surface area contributed by atoms with Crippen LogP contribution in [0.2, 0.25) is 0 Å². The Kier molecular flexibility index (Phi) is 3.94. The van der Waals surface area contributed by atoms with E-state index in [1.165, 1.54) is 6.07 Å². The van der Waals surface area contributed by atoms with Crippen molar-refractivity contribution in [2.24, 2.45) is 0 Å². The SMILES string of the molecule is O=S(=O)(Nc1ccn(Cc2ccccc2)n1)c1cccc2nsnc12. The van der Waals surface area contributed by atoms with E-state index >= 15 is 0 Å². The molecule has 9 heteroatoms. The third kappa shape index (κ3) is 3.24. The molecule has 0 aliphatic carbocycles. The summed E-state index contributed by atoms with van der Waals surface area (Å²) in [4.78, 5) is 0.0939. The van der Waals surface area contributed by atoms with Crippen molar-refractivity contribution in [3.63, 3.8) is 0 Å². The molecule has 0 spiro atoms. The van der Waals surface area contributed by atoms with Crippen molar-refractivity contribution in [1.82, 2.24) is 18.5 Å². The average molecular weight is 371 g/mol. The molecule has 4 aromatic rings. The number of nitrogens with zero attached hydrogens (tertiary/aromatic N) is 4. The molecule has 4 rings (SSSR count). The smallest absolute Gasteiger partial charge is 0.265 e. The van der Waals surface area contributed by atoms with Crippen LogP contribution in [0.3, 0.4) is 0 Å². The summed E-state index contributed by atoms with van der Waals surface area (Å²) in [6.07, 6.45) is 1.73. The van der Waals surface area contributed by atoms with Crippen LogP contribution in [-0.2, 0) is 16.6 Å². The number of fused-ring (bicyclic) bond motifs is 1. The summed E-state index contributed by atoms with van der Waals surface area (Å²) in [5.41, 5.74) is 2.00. The first kappa shape index (κ1) is 15.7. The van der Waals surface area contributed by atoms with Gasteiger partial charge in [-0.1, -0.05) is 36.4 Å². The van der Waals surface area contributed by atoms with Gasteiger partial charge in [0.2, 0.25) is 0 Å². The van der Waals surface area contributed by atoms with E-state index in [-0.39, 0.29) is 10.7 Å². The lowest BCUT2D eigenvalue weighted by Gasteiger charge is -2.06. The molecule has 2 aromatic carbocycles. The van der Waals surface area contributed by atoms with Crippen LogP contribution in [0.5, 0.6) is 0 Å². The number of hydrogen-bond acceptors (Lipinski definition) is 6. The van der Waals surface area contributed by atoms with Crippen molar-refractivity contribution in [2.45, 2.75) is 11.4 Å². The molecule has 0 saturated carbocycles. The van der Waals surface area contributed by atoms with Gasteiger partial charge in [-0.2, -0.15) is 13.8 Å². The van der Waals surface area contributed by atoms with Crippen LogP contribution in [0.15, 0.2) is 65.7 Å². The summed E-state index contributed by atoms with van der Waals surface area (Å²) < 4.78 is 37.6. The predicted octanol–water partition coefficient (Wildman–Crippen LogP) is 2.74. The summed E-state index contributed by atoms with van der Waals surface area (Å²) >= 11 is 0.983. The third-order valence-electron chi connectivity index (χ3n) is 3.61. The highest BCUT2D eigenvalue weighted by Crippen LogP contribution is 2.23. The molecule has 7 nitrogen and oxygen atoms in total. The zero-order valence-corrected chi connectivity index (χ0v) is 14.5. The highest BCUT2D eigenvalue weighted by atomic mass is 32.2. The number of anilines is 1. The number of rotatable bonds is 5. The van der Waals surface area contributed by atoms with Gasteiger partial charge in [0.05, 0.1) is 18.3 Å². The van der Waals surface area contributed by atoms with E-state index in [4.69, 9.17) is 0 Å². The lowest BCUT2D eigenvalue weighted by atomic mass is 10.2. The molecular formula is C16H13N5O2S2. The fraction of sp³-hybridized carbons (Fsp3) is 0.0625. The summed E-state index contributed by atoms with van der Waals surface area (Å²) in [6.45, 7) is 0.564. The second-order valence-corrected chi connectivity index (χ2v) is 7.56. The molecule has 2 heterocycles. The lowest BCUT2D eigenvalue weighted by molar-refractivity contribution is 0.601. The fourth-order valence-electron chi connectivity index (χ4n) is 2.47. The van der Waals surface area contributed by atoms with Crippen LogP contribution in [0.25, 0.3) is 11.0 Å². The van der Waals surface area contributed by atoms with Gasteiger partial charge in [0.25, 0.3) is 10.0 Å². The zero-order chi connectivity index (χ0) is 17.3. The fourth-order valence-corrected chi connectivity index (χ4v) is 4.23.